The summed E-state index contributed by atoms with van der Waals surface area (Å²) < 4.78 is 26.2. The molecule has 2 unspecified atom stereocenters. The highest BCUT2D eigenvalue weighted by Gasteiger charge is 2.49. The minimum Gasteiger partial charge on any atom is -0.494 e. The zero-order valence-corrected chi connectivity index (χ0v) is 17.1. The van der Waals surface area contributed by atoms with Crippen LogP contribution in [0.1, 0.15) is 11.1 Å². The zero-order chi connectivity index (χ0) is 21.8. The Morgan fingerprint density at radius 3 is 2.57 bits per heavy atom. The molecule has 4 rings (SSSR count). The molecular weight excluding hydrogens is 410 g/mol. The predicted octanol–water partition coefficient (Wildman–Crippen LogP) is 0.799. The third-order valence-corrected chi connectivity index (χ3v) is 7.14. The molecule has 1 aromatic heterocycles. The number of benzene rings is 2. The molecule has 0 amide bonds. The maximum atomic E-state index is 12.6. The number of H-pyrrole nitrogens is 1. The lowest BCUT2D eigenvalue weighted by atomic mass is 9.82. The highest BCUT2D eigenvalue weighted by atomic mass is 32.2. The van der Waals surface area contributed by atoms with Gasteiger partial charge in [-0.25, -0.2) is 17.7 Å². The van der Waals surface area contributed by atoms with Crippen molar-refractivity contribution in [3.05, 3.63) is 53.6 Å². The van der Waals surface area contributed by atoms with E-state index in [4.69, 9.17) is 0 Å². The molecule has 0 saturated heterocycles. The minimum atomic E-state index is -3.76. The van der Waals surface area contributed by atoms with Gasteiger partial charge < -0.3 is 25.4 Å². The Balaban J connectivity index is 2.00. The van der Waals surface area contributed by atoms with Gasteiger partial charge in [0.1, 0.15) is 6.10 Å². The summed E-state index contributed by atoms with van der Waals surface area (Å²) in [7, 11) is -0.945. The lowest BCUT2D eigenvalue weighted by Crippen LogP contribution is -2.47. The fourth-order valence-corrected chi connectivity index (χ4v) is 4.64. The lowest BCUT2D eigenvalue weighted by Gasteiger charge is -2.30. The van der Waals surface area contributed by atoms with Gasteiger partial charge in [0.2, 0.25) is 10.0 Å². The van der Waals surface area contributed by atoms with E-state index in [0.717, 1.165) is 4.31 Å². The number of sulfonamides is 1. The summed E-state index contributed by atoms with van der Waals surface area (Å²) in [4.78, 5) is 7.14. The van der Waals surface area contributed by atoms with Crippen LogP contribution in [-0.4, -0.2) is 70.7 Å². The van der Waals surface area contributed by atoms with Crippen LogP contribution in [0, 0.1) is 0 Å². The van der Waals surface area contributed by atoms with Crippen molar-refractivity contribution in [2.24, 2.45) is 4.99 Å². The molecule has 1 aliphatic heterocycles. The Morgan fingerprint density at radius 1 is 1.20 bits per heavy atom. The first-order valence-corrected chi connectivity index (χ1v) is 10.5. The first-order valence-electron chi connectivity index (χ1n) is 9.10. The highest BCUT2D eigenvalue weighted by Crippen LogP contribution is 2.46. The van der Waals surface area contributed by atoms with Crippen LogP contribution in [-0.2, 0) is 15.6 Å². The Labute approximate surface area is 172 Å². The van der Waals surface area contributed by atoms with Crippen molar-refractivity contribution in [1.29, 1.82) is 0 Å². The van der Waals surface area contributed by atoms with Gasteiger partial charge in [0.25, 0.3) is 0 Å². The third kappa shape index (κ3) is 2.76. The van der Waals surface area contributed by atoms with Crippen LogP contribution in [0.15, 0.2) is 52.4 Å². The van der Waals surface area contributed by atoms with Gasteiger partial charge in [-0.3, -0.25) is 0 Å². The summed E-state index contributed by atoms with van der Waals surface area (Å²) in [6.45, 7) is -0.757. The monoisotopic (exact) mass is 431 g/mol. The summed E-state index contributed by atoms with van der Waals surface area (Å²) in [5.74, 6) is -0.348. The number of aromatic nitrogens is 1. The molecule has 0 spiro atoms. The number of aromatic amines is 1. The van der Waals surface area contributed by atoms with Crippen molar-refractivity contribution in [3.63, 3.8) is 0 Å². The van der Waals surface area contributed by atoms with E-state index in [0.29, 0.717) is 16.6 Å². The van der Waals surface area contributed by atoms with Crippen molar-refractivity contribution in [2.75, 3.05) is 20.7 Å². The van der Waals surface area contributed by atoms with E-state index in [2.05, 4.69) is 9.98 Å². The van der Waals surface area contributed by atoms with Gasteiger partial charge in [-0.15, -0.1) is 0 Å². The van der Waals surface area contributed by atoms with Crippen LogP contribution in [0.2, 0.25) is 0 Å². The average molecular weight is 431 g/mol. The topological polar surface area (TPSA) is 146 Å². The van der Waals surface area contributed by atoms with Gasteiger partial charge in [0.05, 0.1) is 28.5 Å². The van der Waals surface area contributed by atoms with Crippen LogP contribution in [0.5, 0.6) is 5.88 Å². The minimum absolute atomic E-state index is 0.0115. The molecular formula is C20H21N3O6S. The standard InChI is InChI=1S/C20H21N3O6S/c1-23(2)30(28,29)11-7-8-14-12(9-11)17(19(26)22-14)18-20(27,16(25)10-24)13-5-3-4-6-15(13)21-18/h3-9,16,22,24-27H,10H2,1-2H3. The number of nitrogens with zero attached hydrogens (tertiary/aromatic N) is 2. The van der Waals surface area contributed by atoms with Gasteiger partial charge in [-0.05, 0) is 24.3 Å². The van der Waals surface area contributed by atoms with E-state index in [-0.39, 0.29) is 27.6 Å². The molecule has 158 valence electrons. The van der Waals surface area contributed by atoms with Gasteiger partial charge in [-0.1, -0.05) is 18.2 Å². The molecule has 2 heterocycles. The average Bonchev–Trinajstić information content (AvgIpc) is 3.20. The summed E-state index contributed by atoms with van der Waals surface area (Å²) in [6, 6.07) is 10.8. The molecule has 30 heavy (non-hydrogen) atoms. The molecule has 9 nitrogen and oxygen atoms in total. The quantitative estimate of drug-likeness (QED) is 0.404. The van der Waals surface area contributed by atoms with Crippen molar-refractivity contribution in [3.8, 4) is 5.88 Å². The number of para-hydroxylation sites is 1. The smallest absolute Gasteiger partial charge is 0.242 e. The molecule has 0 aliphatic carbocycles. The molecule has 0 radical (unpaired) electrons. The van der Waals surface area contributed by atoms with E-state index in [9.17, 15) is 28.8 Å². The Hall–Kier alpha value is -2.76. The second-order valence-corrected chi connectivity index (χ2v) is 9.44. The van der Waals surface area contributed by atoms with Crippen LogP contribution >= 0.6 is 0 Å². The number of aliphatic imine (C=N–C) groups is 1. The molecule has 3 aromatic rings. The lowest BCUT2D eigenvalue weighted by molar-refractivity contribution is -0.0520. The first-order chi connectivity index (χ1) is 14.1. The maximum absolute atomic E-state index is 12.6. The molecule has 0 saturated carbocycles. The van der Waals surface area contributed by atoms with Crippen molar-refractivity contribution in [1.82, 2.24) is 9.29 Å². The second kappa shape index (κ2) is 6.89. The highest BCUT2D eigenvalue weighted by molar-refractivity contribution is 7.89. The van der Waals surface area contributed by atoms with Gasteiger partial charge in [0, 0.05) is 30.6 Å². The van der Waals surface area contributed by atoms with Crippen LogP contribution in [0.25, 0.3) is 10.9 Å². The molecule has 5 N–H and O–H groups in total. The normalized spacial score (nSPS) is 19.9. The largest absolute Gasteiger partial charge is 0.494 e. The molecule has 0 bridgehead atoms. The van der Waals surface area contributed by atoms with Crippen LogP contribution < -0.4 is 0 Å². The van der Waals surface area contributed by atoms with Crippen molar-refractivity contribution >= 4 is 32.3 Å². The van der Waals surface area contributed by atoms with E-state index in [1.807, 2.05) is 0 Å². The summed E-state index contributed by atoms with van der Waals surface area (Å²) in [6.07, 6.45) is -1.63. The Bertz CT molecular complexity index is 1280. The number of aliphatic hydroxyl groups excluding tert-OH is 2. The number of rotatable bonds is 5. The van der Waals surface area contributed by atoms with Gasteiger partial charge in [-0.2, -0.15) is 0 Å². The number of fused-ring (bicyclic) bond motifs is 2. The van der Waals surface area contributed by atoms with Crippen LogP contribution in [0.3, 0.4) is 0 Å². The number of aromatic hydroxyl groups is 1. The van der Waals surface area contributed by atoms with Crippen LogP contribution in [0.4, 0.5) is 5.69 Å². The van der Waals surface area contributed by atoms with E-state index in [1.165, 1.54) is 32.3 Å². The number of hydrogen-bond donors (Lipinski definition) is 5. The fraction of sp³-hybridized carbons (Fsp3) is 0.250. The van der Waals surface area contributed by atoms with Gasteiger partial charge in [0.15, 0.2) is 11.5 Å². The molecule has 2 aromatic carbocycles. The Morgan fingerprint density at radius 2 is 1.90 bits per heavy atom. The molecule has 0 fully saturated rings. The zero-order valence-electron chi connectivity index (χ0n) is 16.2. The summed E-state index contributed by atoms with van der Waals surface area (Å²) >= 11 is 0. The van der Waals surface area contributed by atoms with Crippen molar-refractivity contribution < 1.29 is 28.8 Å². The summed E-state index contributed by atoms with van der Waals surface area (Å²) in [5, 5.41) is 42.4. The number of nitrogens with one attached hydrogen (secondary N) is 1. The number of hydrogen-bond acceptors (Lipinski definition) is 7. The third-order valence-electron chi connectivity index (χ3n) is 5.33. The maximum Gasteiger partial charge on any atom is 0.242 e. The summed E-state index contributed by atoms with van der Waals surface area (Å²) in [5.41, 5.74) is -1.09. The van der Waals surface area contributed by atoms with Gasteiger partial charge >= 0.3 is 0 Å². The fourth-order valence-electron chi connectivity index (χ4n) is 3.71. The predicted molar refractivity (Wildman–Crippen MR) is 110 cm³/mol. The molecule has 2 atom stereocenters. The SMILES string of the molecule is CN(C)S(=O)(=O)c1ccc2[nH]c(O)c(C3=Nc4ccccc4C3(O)C(O)CO)c2c1. The molecule has 1 aliphatic rings. The van der Waals surface area contributed by atoms with Crippen molar-refractivity contribution in [2.45, 2.75) is 16.6 Å². The Kier molecular flexibility index (Phi) is 4.71. The van der Waals surface area contributed by atoms with E-state index >= 15 is 0 Å². The van der Waals surface area contributed by atoms with E-state index < -0.39 is 28.3 Å². The number of aliphatic hydroxyl groups is 3. The second-order valence-electron chi connectivity index (χ2n) is 7.29. The first kappa shape index (κ1) is 20.5. The van der Waals surface area contributed by atoms with E-state index in [1.54, 1.807) is 24.3 Å². The molecule has 10 heteroatoms.